The van der Waals surface area contributed by atoms with Gasteiger partial charge in [-0.3, -0.25) is 4.90 Å². The quantitative estimate of drug-likeness (QED) is 0.583. The van der Waals surface area contributed by atoms with Crippen molar-refractivity contribution in [1.82, 2.24) is 4.90 Å². The second-order valence-electron chi connectivity index (χ2n) is 6.17. The first-order valence-corrected chi connectivity index (χ1v) is 7.61. The van der Waals surface area contributed by atoms with Gasteiger partial charge < -0.3 is 9.90 Å². The van der Waals surface area contributed by atoms with Crippen molar-refractivity contribution in [2.45, 2.75) is 63.8 Å². The van der Waals surface area contributed by atoms with Gasteiger partial charge in [-0.1, -0.05) is 32.1 Å². The van der Waals surface area contributed by atoms with Gasteiger partial charge in [0.05, 0.1) is 6.61 Å². The molecule has 0 heterocycles. The number of carbonyl (C=O) groups is 1. The van der Waals surface area contributed by atoms with Gasteiger partial charge in [-0.2, -0.15) is 0 Å². The molecule has 3 heteroatoms. The molecule has 2 rings (SSSR count). The smallest absolute Gasteiger partial charge is 0.127 e. The maximum Gasteiger partial charge on any atom is 0.127 e. The SMILES string of the molecule is O=CC1(CN(CCO)C2CCC2)CCCCCC1. The minimum Gasteiger partial charge on any atom is -0.395 e. The Bertz CT molecular complexity index is 255. The van der Waals surface area contributed by atoms with Gasteiger partial charge in [0.15, 0.2) is 0 Å². The number of hydrogen-bond donors (Lipinski definition) is 1. The van der Waals surface area contributed by atoms with E-state index in [1.165, 1.54) is 51.2 Å². The predicted octanol–water partition coefficient (Wildman–Crippen LogP) is 2.37. The van der Waals surface area contributed by atoms with Gasteiger partial charge in [0, 0.05) is 24.5 Å². The molecule has 0 amide bonds. The van der Waals surface area contributed by atoms with Crippen molar-refractivity contribution in [1.29, 1.82) is 0 Å². The summed E-state index contributed by atoms with van der Waals surface area (Å²) < 4.78 is 0. The van der Waals surface area contributed by atoms with E-state index in [0.29, 0.717) is 6.04 Å². The summed E-state index contributed by atoms with van der Waals surface area (Å²) in [6.07, 6.45) is 12.0. The highest BCUT2D eigenvalue weighted by atomic mass is 16.3. The molecule has 0 spiro atoms. The lowest BCUT2D eigenvalue weighted by Crippen LogP contribution is -2.48. The summed E-state index contributed by atoms with van der Waals surface area (Å²) in [4.78, 5) is 14.0. The number of carbonyl (C=O) groups excluding carboxylic acids is 1. The Kier molecular flexibility index (Phi) is 5.19. The molecule has 0 aromatic carbocycles. The number of nitrogens with zero attached hydrogens (tertiary/aromatic N) is 1. The van der Waals surface area contributed by atoms with Gasteiger partial charge in [-0.05, 0) is 25.7 Å². The van der Waals surface area contributed by atoms with Crippen molar-refractivity contribution in [3.8, 4) is 0 Å². The summed E-state index contributed by atoms with van der Waals surface area (Å²) in [6, 6.07) is 0.622. The highest BCUT2D eigenvalue weighted by Crippen LogP contribution is 2.36. The first-order chi connectivity index (χ1) is 8.79. The van der Waals surface area contributed by atoms with Crippen molar-refractivity contribution in [3.63, 3.8) is 0 Å². The largest absolute Gasteiger partial charge is 0.395 e. The molecule has 1 N–H and O–H groups in total. The van der Waals surface area contributed by atoms with Crippen molar-refractivity contribution in [2.75, 3.05) is 19.7 Å². The van der Waals surface area contributed by atoms with E-state index in [9.17, 15) is 9.90 Å². The zero-order valence-corrected chi connectivity index (χ0v) is 11.4. The first kappa shape index (κ1) is 14.0. The van der Waals surface area contributed by atoms with Crippen LogP contribution in [0.1, 0.15) is 57.8 Å². The first-order valence-electron chi connectivity index (χ1n) is 7.61. The standard InChI is InChI=1S/C15H27NO2/c17-11-10-16(14-6-5-7-14)12-15(13-18)8-3-1-2-4-9-15/h13-14,17H,1-12H2. The van der Waals surface area contributed by atoms with E-state index in [2.05, 4.69) is 4.90 Å². The van der Waals surface area contributed by atoms with Crippen LogP contribution in [0.25, 0.3) is 0 Å². The molecule has 0 bridgehead atoms. The van der Waals surface area contributed by atoms with Crippen LogP contribution in [-0.4, -0.2) is 42.0 Å². The fourth-order valence-electron chi connectivity index (χ4n) is 3.42. The van der Waals surface area contributed by atoms with Gasteiger partial charge in [-0.25, -0.2) is 0 Å². The Morgan fingerprint density at radius 3 is 2.22 bits per heavy atom. The maximum absolute atomic E-state index is 11.6. The van der Waals surface area contributed by atoms with Gasteiger partial charge >= 0.3 is 0 Å². The predicted molar refractivity (Wildman–Crippen MR) is 72.5 cm³/mol. The topological polar surface area (TPSA) is 40.5 Å². The Labute approximate surface area is 111 Å². The molecule has 0 aromatic heterocycles. The zero-order chi connectivity index (χ0) is 12.8. The molecule has 104 valence electrons. The number of aliphatic hydroxyl groups excluding tert-OH is 1. The molecule has 0 unspecified atom stereocenters. The monoisotopic (exact) mass is 253 g/mol. The highest BCUT2D eigenvalue weighted by Gasteiger charge is 2.35. The summed E-state index contributed by atoms with van der Waals surface area (Å²) in [5, 5.41) is 9.22. The Balaban J connectivity index is 1.98. The summed E-state index contributed by atoms with van der Waals surface area (Å²) in [7, 11) is 0. The molecule has 18 heavy (non-hydrogen) atoms. The van der Waals surface area contributed by atoms with Crippen LogP contribution in [0.5, 0.6) is 0 Å². The third kappa shape index (κ3) is 3.33. The average molecular weight is 253 g/mol. The molecular weight excluding hydrogens is 226 g/mol. The minimum absolute atomic E-state index is 0.124. The lowest BCUT2D eigenvalue weighted by molar-refractivity contribution is -0.119. The Morgan fingerprint density at radius 1 is 1.11 bits per heavy atom. The molecule has 0 atom stereocenters. The van der Waals surface area contributed by atoms with Crippen LogP contribution in [-0.2, 0) is 4.79 Å². The lowest BCUT2D eigenvalue weighted by Gasteiger charge is -2.42. The lowest BCUT2D eigenvalue weighted by atomic mass is 9.80. The summed E-state index contributed by atoms with van der Waals surface area (Å²) in [5.74, 6) is 0. The summed E-state index contributed by atoms with van der Waals surface area (Å²) >= 11 is 0. The minimum atomic E-state index is -0.124. The average Bonchev–Trinajstić information content (AvgIpc) is 2.53. The Morgan fingerprint density at radius 2 is 1.78 bits per heavy atom. The Hall–Kier alpha value is -0.410. The molecule has 0 radical (unpaired) electrons. The molecule has 3 nitrogen and oxygen atoms in total. The number of rotatable bonds is 6. The van der Waals surface area contributed by atoms with Crippen LogP contribution >= 0.6 is 0 Å². The molecule has 2 fully saturated rings. The summed E-state index contributed by atoms with van der Waals surface area (Å²) in [6.45, 7) is 1.83. The number of aldehydes is 1. The van der Waals surface area contributed by atoms with E-state index in [1.54, 1.807) is 0 Å². The van der Waals surface area contributed by atoms with E-state index >= 15 is 0 Å². The number of hydrogen-bond acceptors (Lipinski definition) is 3. The normalized spacial score (nSPS) is 24.6. The second kappa shape index (κ2) is 6.67. The molecular formula is C15H27NO2. The third-order valence-corrected chi connectivity index (χ3v) is 4.85. The molecule has 2 aliphatic carbocycles. The van der Waals surface area contributed by atoms with Crippen LogP contribution in [0.4, 0.5) is 0 Å². The fraction of sp³-hybridized carbons (Fsp3) is 0.933. The fourth-order valence-corrected chi connectivity index (χ4v) is 3.42. The van der Waals surface area contributed by atoms with Crippen molar-refractivity contribution in [2.24, 2.45) is 5.41 Å². The van der Waals surface area contributed by atoms with Crippen LogP contribution in [0, 0.1) is 5.41 Å². The zero-order valence-electron chi connectivity index (χ0n) is 11.4. The third-order valence-electron chi connectivity index (χ3n) is 4.85. The van der Waals surface area contributed by atoms with E-state index in [1.807, 2.05) is 0 Å². The van der Waals surface area contributed by atoms with Crippen LogP contribution in [0.2, 0.25) is 0 Å². The molecule has 2 saturated carbocycles. The second-order valence-corrected chi connectivity index (χ2v) is 6.17. The van der Waals surface area contributed by atoms with E-state index in [-0.39, 0.29) is 12.0 Å². The molecule has 0 saturated heterocycles. The molecule has 2 aliphatic rings. The van der Waals surface area contributed by atoms with Crippen LogP contribution in [0.3, 0.4) is 0 Å². The van der Waals surface area contributed by atoms with Gasteiger partial charge in [0.25, 0.3) is 0 Å². The maximum atomic E-state index is 11.6. The van der Waals surface area contributed by atoms with Gasteiger partial charge in [0.1, 0.15) is 6.29 Å². The van der Waals surface area contributed by atoms with E-state index in [0.717, 1.165) is 25.9 Å². The van der Waals surface area contributed by atoms with Crippen LogP contribution < -0.4 is 0 Å². The number of aliphatic hydroxyl groups is 1. The van der Waals surface area contributed by atoms with Gasteiger partial charge in [0.2, 0.25) is 0 Å². The summed E-state index contributed by atoms with van der Waals surface area (Å²) in [5.41, 5.74) is -0.124. The van der Waals surface area contributed by atoms with Crippen molar-refractivity contribution in [3.05, 3.63) is 0 Å². The van der Waals surface area contributed by atoms with Crippen molar-refractivity contribution < 1.29 is 9.90 Å². The van der Waals surface area contributed by atoms with Crippen molar-refractivity contribution >= 4 is 6.29 Å². The van der Waals surface area contributed by atoms with Gasteiger partial charge in [-0.15, -0.1) is 0 Å². The highest BCUT2D eigenvalue weighted by molar-refractivity contribution is 5.59. The van der Waals surface area contributed by atoms with Crippen LogP contribution in [0.15, 0.2) is 0 Å². The molecule has 0 aromatic rings. The van der Waals surface area contributed by atoms with E-state index in [4.69, 9.17) is 0 Å². The molecule has 0 aliphatic heterocycles. The van der Waals surface area contributed by atoms with E-state index < -0.39 is 0 Å².